The van der Waals surface area contributed by atoms with Crippen molar-refractivity contribution in [3.8, 4) is 0 Å². The van der Waals surface area contributed by atoms with Crippen molar-refractivity contribution >= 4 is 40.3 Å². The highest BCUT2D eigenvalue weighted by atomic mass is 35.5. The van der Waals surface area contributed by atoms with E-state index in [1.807, 2.05) is 24.3 Å². The zero-order valence-corrected chi connectivity index (χ0v) is 13.6. The van der Waals surface area contributed by atoms with Gasteiger partial charge in [0.2, 0.25) is 0 Å². The van der Waals surface area contributed by atoms with E-state index in [-0.39, 0.29) is 6.10 Å². The molecule has 0 aliphatic carbocycles. The van der Waals surface area contributed by atoms with Crippen molar-refractivity contribution in [3.63, 3.8) is 0 Å². The molecule has 2 N–H and O–H groups in total. The van der Waals surface area contributed by atoms with Gasteiger partial charge in [0.25, 0.3) is 0 Å². The van der Waals surface area contributed by atoms with Crippen LogP contribution in [0.2, 0.25) is 5.02 Å². The van der Waals surface area contributed by atoms with Crippen LogP contribution >= 0.6 is 35.1 Å². The van der Waals surface area contributed by atoms with E-state index >= 15 is 0 Å². The Bertz CT molecular complexity index is 433. The van der Waals surface area contributed by atoms with Gasteiger partial charge in [-0.2, -0.15) is 0 Å². The molecule has 0 saturated carbocycles. The average Bonchev–Trinajstić information content (AvgIpc) is 2.96. The highest BCUT2D eigenvalue weighted by Gasteiger charge is 2.14. The van der Waals surface area contributed by atoms with Gasteiger partial charge in [-0.3, -0.25) is 4.99 Å². The fourth-order valence-electron chi connectivity index (χ4n) is 1.86. The van der Waals surface area contributed by atoms with Crippen LogP contribution in [0.1, 0.15) is 12.8 Å². The summed E-state index contributed by atoms with van der Waals surface area (Å²) in [7, 11) is 0. The number of ether oxygens (including phenoxy) is 1. The second-order valence-electron chi connectivity index (χ2n) is 4.46. The van der Waals surface area contributed by atoms with Crippen LogP contribution in [0.15, 0.2) is 34.2 Å². The Morgan fingerprint density at radius 3 is 2.85 bits per heavy atom. The number of aliphatic imine (C=N–C) groups is 1. The summed E-state index contributed by atoms with van der Waals surface area (Å²) in [6.45, 7) is 1.56. The molecule has 0 spiro atoms. The Labute approximate surface area is 133 Å². The van der Waals surface area contributed by atoms with Gasteiger partial charge in [0, 0.05) is 28.0 Å². The molecule has 110 valence electrons. The van der Waals surface area contributed by atoms with Crippen LogP contribution in [0.25, 0.3) is 0 Å². The molecule has 0 unspecified atom stereocenters. The van der Waals surface area contributed by atoms with E-state index < -0.39 is 0 Å². The standard InChI is InChI=1S/C14H19ClN2OS2/c15-11-3-5-13(6-4-11)19-8-9-20-14(16)17-10-12-2-1-7-18-12/h3-6,12H,1-2,7-10H2,(H2,16,17)/t12-/m0/s1. The van der Waals surface area contributed by atoms with Gasteiger partial charge in [-0.15, -0.1) is 11.8 Å². The molecule has 1 aliphatic heterocycles. The van der Waals surface area contributed by atoms with Crippen molar-refractivity contribution < 1.29 is 4.74 Å². The Balaban J connectivity index is 1.59. The molecule has 20 heavy (non-hydrogen) atoms. The van der Waals surface area contributed by atoms with Gasteiger partial charge in [0.1, 0.15) is 0 Å². The number of hydrogen-bond donors (Lipinski definition) is 1. The molecule has 1 heterocycles. The van der Waals surface area contributed by atoms with E-state index in [9.17, 15) is 0 Å². The van der Waals surface area contributed by atoms with Crippen LogP contribution in [0.5, 0.6) is 0 Å². The van der Waals surface area contributed by atoms with Crippen LogP contribution in [0.4, 0.5) is 0 Å². The average molecular weight is 331 g/mol. The van der Waals surface area contributed by atoms with Gasteiger partial charge in [-0.25, -0.2) is 0 Å². The molecule has 1 saturated heterocycles. The van der Waals surface area contributed by atoms with E-state index in [0.29, 0.717) is 11.7 Å². The zero-order valence-electron chi connectivity index (χ0n) is 11.3. The van der Waals surface area contributed by atoms with Crippen LogP contribution in [0, 0.1) is 0 Å². The van der Waals surface area contributed by atoms with E-state index in [1.165, 1.54) is 4.90 Å². The quantitative estimate of drug-likeness (QED) is 0.374. The summed E-state index contributed by atoms with van der Waals surface area (Å²) in [4.78, 5) is 5.59. The molecule has 0 amide bonds. The number of rotatable bonds is 6. The molecular weight excluding hydrogens is 312 g/mol. The monoisotopic (exact) mass is 330 g/mol. The minimum atomic E-state index is 0.276. The maximum absolute atomic E-state index is 5.88. The first-order chi connectivity index (χ1) is 9.74. The fraction of sp³-hybridized carbons (Fsp3) is 0.500. The number of amidine groups is 1. The number of nitrogens with zero attached hydrogens (tertiary/aromatic N) is 1. The maximum atomic E-state index is 5.88. The first kappa shape index (κ1) is 16.0. The van der Waals surface area contributed by atoms with Gasteiger partial charge in [-0.1, -0.05) is 23.4 Å². The number of nitrogens with two attached hydrogens (primary N) is 1. The smallest absolute Gasteiger partial charge is 0.154 e. The second kappa shape index (κ2) is 8.82. The molecule has 3 nitrogen and oxygen atoms in total. The van der Waals surface area contributed by atoms with Gasteiger partial charge in [-0.05, 0) is 37.1 Å². The van der Waals surface area contributed by atoms with Crippen molar-refractivity contribution in [1.82, 2.24) is 0 Å². The molecule has 1 aromatic carbocycles. The van der Waals surface area contributed by atoms with Crippen molar-refractivity contribution in [1.29, 1.82) is 0 Å². The molecule has 0 bridgehead atoms. The predicted molar refractivity (Wildman–Crippen MR) is 90.1 cm³/mol. The van der Waals surface area contributed by atoms with Gasteiger partial charge >= 0.3 is 0 Å². The normalized spacial score (nSPS) is 19.4. The lowest BCUT2D eigenvalue weighted by Crippen LogP contribution is -2.15. The van der Waals surface area contributed by atoms with Gasteiger partial charge in [0.05, 0.1) is 12.6 Å². The summed E-state index contributed by atoms with van der Waals surface area (Å²) >= 11 is 9.25. The SMILES string of the molecule is NC(=NC[C@@H]1CCCO1)SCCSc1ccc(Cl)cc1. The van der Waals surface area contributed by atoms with Crippen LogP contribution in [-0.2, 0) is 4.74 Å². The molecule has 0 aromatic heterocycles. The number of thioether (sulfide) groups is 2. The lowest BCUT2D eigenvalue weighted by Gasteiger charge is -2.06. The van der Waals surface area contributed by atoms with Crippen LogP contribution in [-0.4, -0.2) is 35.9 Å². The minimum Gasteiger partial charge on any atom is -0.379 e. The third kappa shape index (κ3) is 5.95. The largest absolute Gasteiger partial charge is 0.379 e. The van der Waals surface area contributed by atoms with Crippen molar-refractivity contribution in [3.05, 3.63) is 29.3 Å². The van der Waals surface area contributed by atoms with E-state index in [2.05, 4.69) is 4.99 Å². The topological polar surface area (TPSA) is 47.6 Å². The Hall–Kier alpha value is -0.360. The summed E-state index contributed by atoms with van der Waals surface area (Å²) in [5.41, 5.74) is 5.88. The molecule has 1 atom stereocenters. The van der Waals surface area contributed by atoms with E-state index in [4.69, 9.17) is 22.1 Å². The number of halogens is 1. The molecule has 1 aromatic rings. The van der Waals surface area contributed by atoms with E-state index in [0.717, 1.165) is 36.0 Å². The van der Waals surface area contributed by atoms with Crippen LogP contribution < -0.4 is 5.73 Å². The number of benzene rings is 1. The first-order valence-electron chi connectivity index (χ1n) is 6.67. The molecule has 6 heteroatoms. The summed E-state index contributed by atoms with van der Waals surface area (Å²) in [5, 5.41) is 1.44. The summed E-state index contributed by atoms with van der Waals surface area (Å²) in [6, 6.07) is 7.89. The van der Waals surface area contributed by atoms with Crippen LogP contribution in [0.3, 0.4) is 0 Å². The highest BCUT2D eigenvalue weighted by Crippen LogP contribution is 2.21. The molecular formula is C14H19ClN2OS2. The second-order valence-corrected chi connectivity index (χ2v) is 7.18. The number of hydrogen-bond acceptors (Lipinski definition) is 4. The van der Waals surface area contributed by atoms with Crippen molar-refractivity contribution in [2.45, 2.75) is 23.8 Å². The van der Waals surface area contributed by atoms with E-state index in [1.54, 1.807) is 23.5 Å². The lowest BCUT2D eigenvalue weighted by molar-refractivity contribution is 0.118. The van der Waals surface area contributed by atoms with Crippen molar-refractivity contribution in [2.24, 2.45) is 10.7 Å². The lowest BCUT2D eigenvalue weighted by atomic mass is 10.2. The molecule has 1 aliphatic rings. The predicted octanol–water partition coefficient (Wildman–Crippen LogP) is 3.66. The summed E-state index contributed by atoms with van der Waals surface area (Å²) in [5.74, 6) is 1.95. The van der Waals surface area contributed by atoms with Crippen molar-refractivity contribution in [2.75, 3.05) is 24.7 Å². The Kier molecular flexibility index (Phi) is 7.07. The summed E-state index contributed by atoms with van der Waals surface area (Å²) in [6.07, 6.45) is 2.52. The summed E-state index contributed by atoms with van der Waals surface area (Å²) < 4.78 is 5.51. The minimum absolute atomic E-state index is 0.276. The molecule has 2 rings (SSSR count). The zero-order chi connectivity index (χ0) is 14.2. The fourth-order valence-corrected chi connectivity index (χ4v) is 3.59. The third-order valence-electron chi connectivity index (χ3n) is 2.89. The highest BCUT2D eigenvalue weighted by molar-refractivity contribution is 8.14. The Morgan fingerprint density at radius 1 is 1.35 bits per heavy atom. The molecule has 0 radical (unpaired) electrons. The van der Waals surface area contributed by atoms with Gasteiger partial charge < -0.3 is 10.5 Å². The molecule has 1 fully saturated rings. The third-order valence-corrected chi connectivity index (χ3v) is 5.25. The van der Waals surface area contributed by atoms with Gasteiger partial charge in [0.15, 0.2) is 5.17 Å². The Morgan fingerprint density at radius 2 is 2.15 bits per heavy atom. The first-order valence-corrected chi connectivity index (χ1v) is 9.01. The maximum Gasteiger partial charge on any atom is 0.154 e.